The summed E-state index contributed by atoms with van der Waals surface area (Å²) >= 11 is 0. The number of aromatic amines is 1. The highest BCUT2D eigenvalue weighted by Crippen LogP contribution is 2.36. The Hall–Kier alpha value is -2.60. The van der Waals surface area contributed by atoms with Gasteiger partial charge < -0.3 is 14.2 Å². The number of ether oxygens (including phenoxy) is 1. The fraction of sp³-hybridized carbons (Fsp3) is 0.400. The maximum absolute atomic E-state index is 12.6. The van der Waals surface area contributed by atoms with Crippen LogP contribution in [0.1, 0.15) is 41.5 Å². The number of nitrogens with one attached hydrogen (secondary N) is 1. The molecule has 6 heteroatoms. The molecule has 1 fully saturated rings. The average Bonchev–Trinajstić information content (AvgIpc) is 3.21. The first-order valence-corrected chi connectivity index (χ1v) is 8.93. The van der Waals surface area contributed by atoms with Gasteiger partial charge in [-0.05, 0) is 56.8 Å². The summed E-state index contributed by atoms with van der Waals surface area (Å²) in [7, 11) is 1.62. The third-order valence-electron chi connectivity index (χ3n) is 5.29. The minimum atomic E-state index is -0.0461. The lowest BCUT2D eigenvalue weighted by Gasteiger charge is -2.24. The molecule has 0 unspecified atom stereocenters. The molecule has 0 aliphatic carbocycles. The fourth-order valence-electron chi connectivity index (χ4n) is 4.00. The van der Waals surface area contributed by atoms with Crippen LogP contribution in [0.3, 0.4) is 0 Å². The molecule has 0 saturated carbocycles. The fourth-order valence-corrected chi connectivity index (χ4v) is 4.00. The second-order valence-electron chi connectivity index (χ2n) is 6.94. The smallest absolute Gasteiger partial charge is 0.252 e. The molecular weight excluding hydrogens is 330 g/mol. The van der Waals surface area contributed by atoms with Gasteiger partial charge in [-0.3, -0.25) is 9.69 Å². The molecule has 1 aliphatic rings. The molecule has 1 atom stereocenters. The van der Waals surface area contributed by atoms with Gasteiger partial charge in [0.05, 0.1) is 18.3 Å². The quantitative estimate of drug-likeness (QED) is 0.777. The monoisotopic (exact) mass is 353 g/mol. The number of rotatable bonds is 4. The molecular formula is C20H23N3O3. The van der Waals surface area contributed by atoms with Crippen LogP contribution in [0.4, 0.5) is 0 Å². The number of methoxy groups -OCH3 is 1. The standard InChI is InChI=1S/C20H23N3O3/c1-12-19(13(2)26-22-12)18-5-4-8-23(18)11-15-9-14-6-7-16(25-3)10-17(14)21-20(15)24/h6-7,9-10,18H,4-5,8,11H2,1-3H3,(H,21,24)/t18-/m0/s1. The van der Waals surface area contributed by atoms with E-state index in [0.717, 1.165) is 53.1 Å². The largest absolute Gasteiger partial charge is 0.497 e. The van der Waals surface area contributed by atoms with Crippen LogP contribution in [0, 0.1) is 13.8 Å². The number of benzene rings is 1. The zero-order valence-corrected chi connectivity index (χ0v) is 15.3. The summed E-state index contributed by atoms with van der Waals surface area (Å²) in [6.07, 6.45) is 2.17. The summed E-state index contributed by atoms with van der Waals surface area (Å²) in [5, 5.41) is 5.10. The van der Waals surface area contributed by atoms with Gasteiger partial charge in [-0.15, -0.1) is 0 Å². The van der Waals surface area contributed by atoms with E-state index in [1.165, 1.54) is 5.56 Å². The van der Waals surface area contributed by atoms with Crippen LogP contribution < -0.4 is 10.3 Å². The molecule has 3 heterocycles. The minimum Gasteiger partial charge on any atom is -0.497 e. The predicted octanol–water partition coefficient (Wildman–Crippen LogP) is 3.48. The highest BCUT2D eigenvalue weighted by atomic mass is 16.5. The molecule has 0 radical (unpaired) electrons. The van der Waals surface area contributed by atoms with Crippen molar-refractivity contribution in [1.82, 2.24) is 15.0 Å². The van der Waals surface area contributed by atoms with Crippen LogP contribution in [0.15, 0.2) is 33.6 Å². The van der Waals surface area contributed by atoms with Gasteiger partial charge in [0.25, 0.3) is 5.56 Å². The highest BCUT2D eigenvalue weighted by Gasteiger charge is 2.31. The number of pyridine rings is 1. The summed E-state index contributed by atoms with van der Waals surface area (Å²) in [5.74, 6) is 1.61. The number of hydrogen-bond acceptors (Lipinski definition) is 5. The van der Waals surface area contributed by atoms with E-state index in [1.807, 2.05) is 38.1 Å². The first-order chi connectivity index (χ1) is 12.6. The summed E-state index contributed by atoms with van der Waals surface area (Å²) in [5.41, 5.74) is 3.64. The van der Waals surface area contributed by atoms with Crippen molar-refractivity contribution in [3.05, 3.63) is 57.2 Å². The molecule has 1 saturated heterocycles. The van der Waals surface area contributed by atoms with Crippen LogP contribution in [-0.2, 0) is 6.54 Å². The van der Waals surface area contributed by atoms with E-state index in [9.17, 15) is 4.79 Å². The number of likely N-dealkylation sites (tertiary alicyclic amines) is 1. The second-order valence-corrected chi connectivity index (χ2v) is 6.94. The molecule has 2 aromatic heterocycles. The average molecular weight is 353 g/mol. The summed E-state index contributed by atoms with van der Waals surface area (Å²) in [4.78, 5) is 17.9. The van der Waals surface area contributed by atoms with E-state index in [2.05, 4.69) is 15.0 Å². The van der Waals surface area contributed by atoms with E-state index in [4.69, 9.17) is 9.26 Å². The van der Waals surface area contributed by atoms with Crippen LogP contribution in [0.5, 0.6) is 5.75 Å². The number of fused-ring (bicyclic) bond motifs is 1. The molecule has 0 spiro atoms. The molecule has 0 amide bonds. The van der Waals surface area contributed by atoms with E-state index in [1.54, 1.807) is 7.11 Å². The van der Waals surface area contributed by atoms with Crippen LogP contribution in [0.2, 0.25) is 0 Å². The molecule has 26 heavy (non-hydrogen) atoms. The predicted molar refractivity (Wildman–Crippen MR) is 99.5 cm³/mol. The van der Waals surface area contributed by atoms with Crippen LogP contribution in [-0.4, -0.2) is 28.7 Å². The van der Waals surface area contributed by atoms with Gasteiger partial charge in [0.1, 0.15) is 11.5 Å². The molecule has 1 aromatic carbocycles. The first-order valence-electron chi connectivity index (χ1n) is 8.93. The Morgan fingerprint density at radius 3 is 2.92 bits per heavy atom. The minimum absolute atomic E-state index is 0.0461. The molecule has 6 nitrogen and oxygen atoms in total. The highest BCUT2D eigenvalue weighted by molar-refractivity contribution is 5.80. The molecule has 136 valence electrons. The Bertz CT molecular complexity index is 986. The van der Waals surface area contributed by atoms with Gasteiger partial charge in [-0.2, -0.15) is 0 Å². The maximum atomic E-state index is 12.6. The van der Waals surface area contributed by atoms with E-state index >= 15 is 0 Å². The topological polar surface area (TPSA) is 71.4 Å². The van der Waals surface area contributed by atoms with Gasteiger partial charge >= 0.3 is 0 Å². The first kappa shape index (κ1) is 16.8. The van der Waals surface area contributed by atoms with Crippen molar-refractivity contribution in [1.29, 1.82) is 0 Å². The third-order valence-corrected chi connectivity index (χ3v) is 5.29. The van der Waals surface area contributed by atoms with E-state index in [0.29, 0.717) is 6.54 Å². The molecule has 3 aromatic rings. The SMILES string of the molecule is COc1ccc2cc(CN3CCC[C@H]3c3c(C)noc3C)c(=O)[nH]c2c1. The Morgan fingerprint density at radius 1 is 1.35 bits per heavy atom. The number of hydrogen-bond donors (Lipinski definition) is 1. The molecule has 1 aliphatic heterocycles. The lowest BCUT2D eigenvalue weighted by atomic mass is 10.0. The summed E-state index contributed by atoms with van der Waals surface area (Å²) < 4.78 is 10.6. The van der Waals surface area contributed by atoms with Crippen molar-refractivity contribution in [3.63, 3.8) is 0 Å². The lowest BCUT2D eigenvalue weighted by molar-refractivity contribution is 0.245. The second kappa shape index (κ2) is 6.61. The van der Waals surface area contributed by atoms with Crippen molar-refractivity contribution in [3.8, 4) is 5.75 Å². The lowest BCUT2D eigenvalue weighted by Crippen LogP contribution is -2.27. The van der Waals surface area contributed by atoms with Gasteiger partial charge in [0.15, 0.2) is 0 Å². The summed E-state index contributed by atoms with van der Waals surface area (Å²) in [6.45, 7) is 5.53. The Morgan fingerprint density at radius 2 is 2.19 bits per heavy atom. The molecule has 1 N–H and O–H groups in total. The number of aromatic nitrogens is 2. The number of aryl methyl sites for hydroxylation is 2. The van der Waals surface area contributed by atoms with E-state index < -0.39 is 0 Å². The molecule has 0 bridgehead atoms. The number of H-pyrrole nitrogens is 1. The summed E-state index contributed by atoms with van der Waals surface area (Å²) in [6, 6.07) is 7.97. The van der Waals surface area contributed by atoms with Crippen LogP contribution >= 0.6 is 0 Å². The van der Waals surface area contributed by atoms with Gasteiger partial charge in [-0.25, -0.2) is 0 Å². The van der Waals surface area contributed by atoms with Crippen molar-refractivity contribution >= 4 is 10.9 Å². The maximum Gasteiger partial charge on any atom is 0.252 e. The Labute approximate surface area is 151 Å². The van der Waals surface area contributed by atoms with Crippen molar-refractivity contribution in [2.75, 3.05) is 13.7 Å². The Balaban J connectivity index is 1.66. The zero-order valence-electron chi connectivity index (χ0n) is 15.3. The zero-order chi connectivity index (χ0) is 18.3. The van der Waals surface area contributed by atoms with Crippen molar-refractivity contribution < 1.29 is 9.26 Å². The van der Waals surface area contributed by atoms with Crippen molar-refractivity contribution in [2.24, 2.45) is 0 Å². The van der Waals surface area contributed by atoms with E-state index in [-0.39, 0.29) is 11.6 Å². The van der Waals surface area contributed by atoms with Crippen molar-refractivity contribution in [2.45, 2.75) is 39.3 Å². The van der Waals surface area contributed by atoms with Crippen LogP contribution in [0.25, 0.3) is 10.9 Å². The number of nitrogens with zero attached hydrogens (tertiary/aromatic N) is 2. The Kier molecular flexibility index (Phi) is 4.28. The van der Waals surface area contributed by atoms with Gasteiger partial charge in [0.2, 0.25) is 0 Å². The van der Waals surface area contributed by atoms with Gasteiger partial charge in [0, 0.05) is 29.8 Å². The third kappa shape index (κ3) is 2.90. The normalized spacial score (nSPS) is 17.9. The molecule has 4 rings (SSSR count). The van der Waals surface area contributed by atoms with Gasteiger partial charge in [-0.1, -0.05) is 5.16 Å².